The summed E-state index contributed by atoms with van der Waals surface area (Å²) >= 11 is 12.4. The maximum Gasteiger partial charge on any atom is 0.144 e. The van der Waals surface area contributed by atoms with Gasteiger partial charge in [0.15, 0.2) is 0 Å². The van der Waals surface area contributed by atoms with Crippen LogP contribution in [0, 0.1) is 4.64 Å². The lowest BCUT2D eigenvalue weighted by Gasteiger charge is -2.09. The van der Waals surface area contributed by atoms with Crippen LogP contribution in [0.1, 0.15) is 24.5 Å². The van der Waals surface area contributed by atoms with Crippen molar-refractivity contribution in [3.63, 3.8) is 0 Å². The molecule has 5 heteroatoms. The molecule has 1 aromatic carbocycles. The van der Waals surface area contributed by atoms with Crippen LogP contribution in [0.2, 0.25) is 0 Å². The Morgan fingerprint density at radius 2 is 1.94 bits per heavy atom. The Labute approximate surface area is 127 Å². The molecule has 0 bridgehead atoms. The average molecular weight is 386 g/mol. The average Bonchev–Trinajstić information content (AvgIpc) is 3.17. The van der Waals surface area contributed by atoms with Crippen LogP contribution in [0.3, 0.4) is 0 Å². The van der Waals surface area contributed by atoms with E-state index in [2.05, 4.69) is 41.8 Å². The summed E-state index contributed by atoms with van der Waals surface area (Å²) in [6.45, 7) is 0. The lowest BCUT2D eigenvalue weighted by atomic mass is 10.2. The second-order valence-electron chi connectivity index (χ2n) is 4.37. The lowest BCUT2D eigenvalue weighted by molar-refractivity contribution is 0.972. The maximum atomic E-state index is 5.33. The summed E-state index contributed by atoms with van der Waals surface area (Å²) in [5.41, 5.74) is 2.22. The summed E-state index contributed by atoms with van der Waals surface area (Å²) in [5, 5.41) is 0. The quantitative estimate of drug-likeness (QED) is 0.719. The largest absolute Gasteiger partial charge is 0.342 e. The number of H-pyrrole nitrogens is 1. The molecule has 0 saturated heterocycles. The zero-order valence-corrected chi connectivity index (χ0v) is 13.4. The van der Waals surface area contributed by atoms with Crippen molar-refractivity contribution in [3.05, 3.63) is 43.5 Å². The Morgan fingerprint density at radius 3 is 2.61 bits per heavy atom. The molecule has 1 aromatic heterocycles. The zero-order valence-electron chi connectivity index (χ0n) is 9.41. The molecule has 0 amide bonds. The van der Waals surface area contributed by atoms with Crippen molar-refractivity contribution < 1.29 is 0 Å². The van der Waals surface area contributed by atoms with Gasteiger partial charge in [0.1, 0.15) is 10.5 Å². The fraction of sp³-hybridized carbons (Fsp3) is 0.231. The Kier molecular flexibility index (Phi) is 3.38. The second-order valence-corrected chi connectivity index (χ2v) is 6.41. The normalized spacial score (nSPS) is 14.8. The molecule has 1 N–H and O–H groups in total. The summed E-state index contributed by atoms with van der Waals surface area (Å²) in [4.78, 5) is 7.87. The molecule has 2 aromatic rings. The highest BCUT2D eigenvalue weighted by atomic mass is 79.9. The van der Waals surface area contributed by atoms with E-state index in [-0.39, 0.29) is 0 Å². The number of nitrogens with zero attached hydrogens (tertiary/aromatic N) is 1. The van der Waals surface area contributed by atoms with Crippen LogP contribution in [0.5, 0.6) is 0 Å². The number of nitrogens with one attached hydrogen (secondary N) is 1. The van der Waals surface area contributed by atoms with Crippen LogP contribution in [0.15, 0.2) is 33.2 Å². The molecule has 1 aliphatic carbocycles. The highest BCUT2D eigenvalue weighted by molar-refractivity contribution is 9.11. The summed E-state index contributed by atoms with van der Waals surface area (Å²) in [7, 11) is 0. The van der Waals surface area contributed by atoms with E-state index >= 15 is 0 Å². The number of aromatic nitrogens is 2. The van der Waals surface area contributed by atoms with Crippen molar-refractivity contribution in [2.75, 3.05) is 0 Å². The number of hydrogen-bond donors (Lipinski definition) is 1. The molecule has 92 valence electrons. The van der Waals surface area contributed by atoms with Gasteiger partial charge in [-0.05, 0) is 34.8 Å². The van der Waals surface area contributed by atoms with Crippen LogP contribution in [0.25, 0.3) is 11.4 Å². The summed E-state index contributed by atoms with van der Waals surface area (Å²) in [5.74, 6) is 1.43. The SMILES string of the molecule is S=c1nc(-c2ccccc2Br)[nH]c(C2CC2)c1Br. The topological polar surface area (TPSA) is 28.7 Å². The zero-order chi connectivity index (χ0) is 12.7. The Morgan fingerprint density at radius 1 is 1.22 bits per heavy atom. The van der Waals surface area contributed by atoms with E-state index in [1.54, 1.807) is 0 Å². The molecule has 1 saturated carbocycles. The third-order valence-corrected chi connectivity index (χ3v) is 5.06. The summed E-state index contributed by atoms with van der Waals surface area (Å²) in [6, 6.07) is 8.02. The lowest BCUT2D eigenvalue weighted by Crippen LogP contribution is -1.97. The van der Waals surface area contributed by atoms with Crippen LogP contribution >= 0.6 is 44.1 Å². The minimum absolute atomic E-state index is 0.602. The van der Waals surface area contributed by atoms with Gasteiger partial charge >= 0.3 is 0 Å². The molecule has 18 heavy (non-hydrogen) atoms. The third-order valence-electron chi connectivity index (χ3n) is 3.01. The third kappa shape index (κ3) is 2.31. The van der Waals surface area contributed by atoms with E-state index < -0.39 is 0 Å². The van der Waals surface area contributed by atoms with E-state index in [0.29, 0.717) is 10.6 Å². The smallest absolute Gasteiger partial charge is 0.144 e. The van der Waals surface area contributed by atoms with Crippen molar-refractivity contribution in [2.45, 2.75) is 18.8 Å². The number of halogens is 2. The van der Waals surface area contributed by atoms with Gasteiger partial charge in [0.25, 0.3) is 0 Å². The van der Waals surface area contributed by atoms with E-state index in [1.807, 2.05) is 24.3 Å². The molecular formula is C13H10Br2N2S. The number of aromatic amines is 1. The van der Waals surface area contributed by atoms with Gasteiger partial charge in [0.05, 0.1) is 4.47 Å². The van der Waals surface area contributed by atoms with Gasteiger partial charge in [0, 0.05) is 21.6 Å². The highest BCUT2D eigenvalue weighted by Crippen LogP contribution is 2.43. The monoisotopic (exact) mass is 384 g/mol. The Hall–Kier alpha value is -0.520. The molecule has 0 spiro atoms. The fourth-order valence-corrected chi connectivity index (χ4v) is 3.10. The molecule has 0 unspecified atom stereocenters. The molecule has 1 aliphatic rings. The van der Waals surface area contributed by atoms with Crippen LogP contribution < -0.4 is 0 Å². The minimum atomic E-state index is 0.602. The van der Waals surface area contributed by atoms with Crippen LogP contribution in [0.4, 0.5) is 0 Å². The van der Waals surface area contributed by atoms with Gasteiger partial charge in [-0.1, -0.05) is 46.3 Å². The molecule has 0 aliphatic heterocycles. The first-order valence-corrected chi connectivity index (χ1v) is 7.71. The Balaban J connectivity index is 2.19. The predicted molar refractivity (Wildman–Crippen MR) is 82.2 cm³/mol. The summed E-state index contributed by atoms with van der Waals surface area (Å²) in [6.07, 6.45) is 2.45. The van der Waals surface area contributed by atoms with E-state index in [1.165, 1.54) is 18.5 Å². The maximum absolute atomic E-state index is 5.33. The van der Waals surface area contributed by atoms with Gasteiger partial charge < -0.3 is 4.98 Å². The Bertz CT molecular complexity index is 662. The molecule has 3 rings (SSSR count). The first-order valence-electron chi connectivity index (χ1n) is 5.71. The van der Waals surface area contributed by atoms with Crippen molar-refractivity contribution in [2.24, 2.45) is 0 Å². The highest BCUT2D eigenvalue weighted by Gasteiger charge is 2.27. The van der Waals surface area contributed by atoms with Crippen molar-refractivity contribution in [1.82, 2.24) is 9.97 Å². The molecule has 1 heterocycles. The fourth-order valence-electron chi connectivity index (χ4n) is 1.91. The van der Waals surface area contributed by atoms with Crippen molar-refractivity contribution in [1.29, 1.82) is 0 Å². The minimum Gasteiger partial charge on any atom is -0.342 e. The van der Waals surface area contributed by atoms with Gasteiger partial charge in [-0.15, -0.1) is 0 Å². The van der Waals surface area contributed by atoms with Gasteiger partial charge in [-0.3, -0.25) is 0 Å². The molecule has 0 radical (unpaired) electrons. The second kappa shape index (κ2) is 4.87. The predicted octanol–water partition coefficient (Wildman–Crippen LogP) is 5.21. The first kappa shape index (κ1) is 12.5. The standard InChI is InChI=1S/C13H10Br2N2S/c14-9-4-2-1-3-8(9)12-16-11(7-5-6-7)10(15)13(18)17-12/h1-4,7H,5-6H2,(H,16,17,18). The van der Waals surface area contributed by atoms with Crippen LogP contribution in [-0.4, -0.2) is 9.97 Å². The molecule has 2 nitrogen and oxygen atoms in total. The van der Waals surface area contributed by atoms with Crippen molar-refractivity contribution >= 4 is 44.1 Å². The van der Waals surface area contributed by atoms with Gasteiger partial charge in [-0.2, -0.15) is 0 Å². The van der Waals surface area contributed by atoms with E-state index in [0.717, 1.165) is 20.3 Å². The molecule has 0 atom stereocenters. The number of benzene rings is 1. The van der Waals surface area contributed by atoms with E-state index in [9.17, 15) is 0 Å². The van der Waals surface area contributed by atoms with E-state index in [4.69, 9.17) is 12.2 Å². The summed E-state index contributed by atoms with van der Waals surface area (Å²) < 4.78 is 2.59. The molecular weight excluding hydrogens is 376 g/mol. The molecule has 1 fully saturated rings. The number of rotatable bonds is 2. The van der Waals surface area contributed by atoms with Crippen molar-refractivity contribution in [3.8, 4) is 11.4 Å². The number of hydrogen-bond acceptors (Lipinski definition) is 2. The first-order chi connectivity index (χ1) is 8.66. The van der Waals surface area contributed by atoms with Gasteiger partial charge in [-0.25, -0.2) is 4.98 Å². The van der Waals surface area contributed by atoms with Crippen LogP contribution in [-0.2, 0) is 0 Å². The van der Waals surface area contributed by atoms with Gasteiger partial charge in [0.2, 0.25) is 0 Å².